The van der Waals surface area contributed by atoms with Gasteiger partial charge in [-0.25, -0.2) is 9.78 Å². The predicted molar refractivity (Wildman–Crippen MR) is 147 cm³/mol. The summed E-state index contributed by atoms with van der Waals surface area (Å²) in [4.78, 5) is 45.4. The molecule has 0 spiro atoms. The summed E-state index contributed by atoms with van der Waals surface area (Å²) < 4.78 is 22.0. The van der Waals surface area contributed by atoms with Crippen LogP contribution in [-0.4, -0.2) is 54.2 Å². The van der Waals surface area contributed by atoms with E-state index in [2.05, 4.69) is 11.6 Å². The number of amides is 1. The lowest BCUT2D eigenvalue weighted by molar-refractivity contribution is -0.132. The van der Waals surface area contributed by atoms with Crippen molar-refractivity contribution in [1.82, 2.24) is 4.98 Å². The number of fused-ring (bicyclic) bond motifs is 1. The minimum Gasteiger partial charge on any atom is -0.507 e. The van der Waals surface area contributed by atoms with Crippen molar-refractivity contribution in [3.8, 4) is 17.2 Å². The van der Waals surface area contributed by atoms with Crippen molar-refractivity contribution in [2.45, 2.75) is 19.9 Å². The first-order valence-corrected chi connectivity index (χ1v) is 13.3. The van der Waals surface area contributed by atoms with Crippen molar-refractivity contribution in [1.29, 1.82) is 0 Å². The molecule has 1 N–H and O–H groups in total. The fourth-order valence-corrected chi connectivity index (χ4v) is 5.48. The molecule has 1 atom stereocenters. The van der Waals surface area contributed by atoms with E-state index in [-0.39, 0.29) is 40.1 Å². The summed E-state index contributed by atoms with van der Waals surface area (Å²) in [7, 11) is 0. The molecular formula is C29H26N2O8S. The molecule has 0 radical (unpaired) electrons. The Kier molecular flexibility index (Phi) is 7.56. The standard InChI is InChI=1S/C29H26N2O8S/c1-4-11-37-19-8-6-7-17(14-19)23-22(24(32)18-9-10-20-21(15-18)39-13-12-38-20)25(33)27(34)31(23)29-30-16(3)26(40-29)28(35)36-5-2/h4,6-10,14-15,23,32H,1,5,11-13H2,2-3H3/b24-22-. The lowest BCUT2D eigenvalue weighted by atomic mass is 9.95. The summed E-state index contributed by atoms with van der Waals surface area (Å²) in [5.74, 6) is -1.37. The fourth-order valence-electron chi connectivity index (χ4n) is 4.49. The molecule has 10 nitrogen and oxygen atoms in total. The number of carbonyl (C=O) groups is 3. The summed E-state index contributed by atoms with van der Waals surface area (Å²) in [6, 6.07) is 10.6. The number of hydrogen-bond donors (Lipinski definition) is 1. The number of Topliss-reactive ketones (excluding diaryl/α,β-unsaturated/α-hetero) is 1. The Morgan fingerprint density at radius 2 is 1.98 bits per heavy atom. The van der Waals surface area contributed by atoms with Gasteiger partial charge in [0.25, 0.3) is 5.78 Å². The van der Waals surface area contributed by atoms with Gasteiger partial charge in [-0.15, -0.1) is 0 Å². The highest BCUT2D eigenvalue weighted by Crippen LogP contribution is 2.45. The van der Waals surface area contributed by atoms with Crippen LogP contribution >= 0.6 is 11.3 Å². The molecule has 0 bridgehead atoms. The molecule has 1 aromatic heterocycles. The van der Waals surface area contributed by atoms with Gasteiger partial charge in [-0.3, -0.25) is 14.5 Å². The lowest BCUT2D eigenvalue weighted by Gasteiger charge is -2.23. The molecule has 206 valence electrons. The van der Waals surface area contributed by atoms with Crippen molar-refractivity contribution >= 4 is 39.9 Å². The van der Waals surface area contributed by atoms with Gasteiger partial charge in [0, 0.05) is 5.56 Å². The number of aliphatic hydroxyl groups is 1. The molecular weight excluding hydrogens is 536 g/mol. The second-order valence-corrected chi connectivity index (χ2v) is 9.81. The number of ketones is 1. The van der Waals surface area contributed by atoms with Gasteiger partial charge >= 0.3 is 11.9 Å². The molecule has 1 fully saturated rings. The third-order valence-electron chi connectivity index (χ3n) is 6.25. The van der Waals surface area contributed by atoms with Gasteiger partial charge in [0.05, 0.1) is 23.9 Å². The number of thiazole rings is 1. The van der Waals surface area contributed by atoms with Crippen molar-refractivity contribution < 1.29 is 38.4 Å². The Balaban J connectivity index is 1.67. The summed E-state index contributed by atoms with van der Waals surface area (Å²) >= 11 is 0.937. The first-order chi connectivity index (χ1) is 19.3. The van der Waals surface area contributed by atoms with Crippen LogP contribution in [0.4, 0.5) is 5.13 Å². The van der Waals surface area contributed by atoms with E-state index in [4.69, 9.17) is 18.9 Å². The van der Waals surface area contributed by atoms with Crippen LogP contribution in [0, 0.1) is 6.92 Å². The third kappa shape index (κ3) is 4.91. The predicted octanol–water partition coefficient (Wildman–Crippen LogP) is 4.59. The number of ether oxygens (including phenoxy) is 4. The second kappa shape index (κ2) is 11.2. The van der Waals surface area contributed by atoms with Crippen molar-refractivity contribution in [3.63, 3.8) is 0 Å². The van der Waals surface area contributed by atoms with Gasteiger partial charge in [0.15, 0.2) is 16.6 Å². The Bertz CT molecular complexity index is 1540. The number of carbonyl (C=O) groups excluding carboxylic acids is 3. The van der Waals surface area contributed by atoms with Crippen LogP contribution in [0.15, 0.2) is 60.7 Å². The zero-order valence-electron chi connectivity index (χ0n) is 21.8. The number of aryl methyl sites for hydroxylation is 1. The van der Waals surface area contributed by atoms with Gasteiger partial charge in [0.1, 0.15) is 36.2 Å². The van der Waals surface area contributed by atoms with Gasteiger partial charge in [-0.05, 0) is 49.7 Å². The third-order valence-corrected chi connectivity index (χ3v) is 7.39. The van der Waals surface area contributed by atoms with Crippen LogP contribution in [0.1, 0.15) is 39.5 Å². The highest BCUT2D eigenvalue weighted by molar-refractivity contribution is 7.17. The highest BCUT2D eigenvalue weighted by Gasteiger charge is 2.48. The van der Waals surface area contributed by atoms with Crippen LogP contribution in [0.5, 0.6) is 17.2 Å². The average Bonchev–Trinajstić information content (AvgIpc) is 3.47. The first-order valence-electron chi connectivity index (χ1n) is 12.5. The average molecular weight is 563 g/mol. The van der Waals surface area contributed by atoms with E-state index in [0.29, 0.717) is 41.7 Å². The number of aliphatic hydroxyl groups excluding tert-OH is 1. The molecule has 1 unspecified atom stereocenters. The molecule has 3 aromatic rings. The van der Waals surface area contributed by atoms with Crippen molar-refractivity contribution in [2.75, 3.05) is 31.3 Å². The molecule has 2 aliphatic heterocycles. The zero-order chi connectivity index (χ0) is 28.4. The molecule has 1 saturated heterocycles. The fraction of sp³-hybridized carbons (Fsp3) is 0.241. The number of aromatic nitrogens is 1. The number of anilines is 1. The zero-order valence-corrected chi connectivity index (χ0v) is 22.7. The van der Waals surface area contributed by atoms with Crippen molar-refractivity contribution in [2.24, 2.45) is 0 Å². The Labute approximate surface area is 234 Å². The van der Waals surface area contributed by atoms with Gasteiger partial charge in [0.2, 0.25) is 0 Å². The van der Waals surface area contributed by atoms with Crippen LogP contribution < -0.4 is 19.1 Å². The molecule has 0 aliphatic carbocycles. The van der Waals surface area contributed by atoms with E-state index in [1.165, 1.54) is 4.90 Å². The van der Waals surface area contributed by atoms with Crippen molar-refractivity contribution in [3.05, 3.63) is 82.4 Å². The number of benzene rings is 2. The van der Waals surface area contributed by atoms with E-state index in [0.717, 1.165) is 11.3 Å². The highest BCUT2D eigenvalue weighted by atomic mass is 32.1. The summed E-state index contributed by atoms with van der Waals surface area (Å²) in [6.45, 7) is 8.12. The quantitative estimate of drug-likeness (QED) is 0.138. The summed E-state index contributed by atoms with van der Waals surface area (Å²) in [6.07, 6.45) is 1.59. The lowest BCUT2D eigenvalue weighted by Crippen LogP contribution is -2.29. The first kappa shape index (κ1) is 26.9. The van der Waals surface area contributed by atoms with Gasteiger partial charge < -0.3 is 24.1 Å². The van der Waals surface area contributed by atoms with E-state index in [1.807, 2.05) is 0 Å². The molecule has 0 saturated carbocycles. The largest absolute Gasteiger partial charge is 0.507 e. The van der Waals surface area contributed by atoms with E-state index in [9.17, 15) is 19.5 Å². The monoisotopic (exact) mass is 562 g/mol. The summed E-state index contributed by atoms with van der Waals surface area (Å²) in [5.41, 5.74) is 0.973. The number of rotatable bonds is 8. The number of esters is 1. The van der Waals surface area contributed by atoms with Gasteiger partial charge in [-0.1, -0.05) is 36.1 Å². The molecule has 11 heteroatoms. The smallest absolute Gasteiger partial charge is 0.350 e. The topological polar surface area (TPSA) is 124 Å². The number of nitrogens with zero attached hydrogens (tertiary/aromatic N) is 2. The summed E-state index contributed by atoms with van der Waals surface area (Å²) in [5, 5.41) is 11.6. The molecule has 2 aliphatic rings. The van der Waals surface area contributed by atoms with E-state index >= 15 is 0 Å². The molecule has 1 amide bonds. The molecule has 40 heavy (non-hydrogen) atoms. The van der Waals surface area contributed by atoms with E-state index in [1.54, 1.807) is 62.4 Å². The normalized spacial score (nSPS) is 17.6. The minimum atomic E-state index is -1.07. The Morgan fingerprint density at radius 3 is 2.73 bits per heavy atom. The maximum atomic E-state index is 13.5. The SMILES string of the molecule is C=CCOc1cccc(C2/C(=C(/O)c3ccc4c(c3)OCCO4)C(=O)C(=O)N2c2nc(C)c(C(=O)OCC)s2)c1. The Hall–Kier alpha value is -4.64. The molecule has 5 rings (SSSR count). The number of hydrogen-bond acceptors (Lipinski definition) is 10. The second-order valence-electron chi connectivity index (χ2n) is 8.83. The molecule has 3 heterocycles. The Morgan fingerprint density at radius 1 is 1.20 bits per heavy atom. The van der Waals surface area contributed by atoms with Crippen LogP contribution in [-0.2, 0) is 14.3 Å². The van der Waals surface area contributed by atoms with Crippen LogP contribution in [0.25, 0.3) is 5.76 Å². The molecule has 2 aromatic carbocycles. The minimum absolute atomic E-state index is 0.117. The van der Waals surface area contributed by atoms with Gasteiger partial charge in [-0.2, -0.15) is 0 Å². The van der Waals surface area contributed by atoms with Crippen LogP contribution in [0.2, 0.25) is 0 Å². The van der Waals surface area contributed by atoms with Crippen LogP contribution in [0.3, 0.4) is 0 Å². The maximum absolute atomic E-state index is 13.5. The van der Waals surface area contributed by atoms with E-state index < -0.39 is 23.7 Å². The maximum Gasteiger partial charge on any atom is 0.350 e.